The topological polar surface area (TPSA) is 49.7 Å². The Bertz CT molecular complexity index is 134. The van der Waals surface area contributed by atoms with Gasteiger partial charge in [0, 0.05) is 0 Å². The summed E-state index contributed by atoms with van der Waals surface area (Å²) in [5.41, 5.74) is 0. The first-order valence-electron chi connectivity index (χ1n) is 4.36. The average molecular weight is 176 g/mol. The molecule has 1 rings (SSSR count). The smallest absolute Gasteiger partial charge is 0.126 e. The Kier molecular flexibility index (Phi) is 3.46. The van der Waals surface area contributed by atoms with Gasteiger partial charge in [-0.3, -0.25) is 0 Å². The van der Waals surface area contributed by atoms with Crippen molar-refractivity contribution in [3.8, 4) is 0 Å². The summed E-state index contributed by atoms with van der Waals surface area (Å²) < 4.78 is 6.03. The van der Waals surface area contributed by atoms with Gasteiger partial charge in [-0.25, -0.2) is 0 Å². The number of aliphatic hydroxyl groups excluding tert-OH is 2. The van der Waals surface area contributed by atoms with Crippen LogP contribution in [0.2, 0.25) is 0 Å². The number of morpholine rings is 1. The molecule has 0 bridgehead atoms. The molecule has 0 unspecified atom stereocenters. The SMILES string of the molecule is C[N+]1(C[C@@H](O)CO)CCOCC1. The second-order valence-corrected chi connectivity index (χ2v) is 3.70. The number of hydrogen-bond donors (Lipinski definition) is 2. The quantitative estimate of drug-likeness (QED) is 0.532. The number of quaternary nitrogens is 1. The minimum absolute atomic E-state index is 0.144. The highest BCUT2D eigenvalue weighted by atomic mass is 16.5. The summed E-state index contributed by atoms with van der Waals surface area (Å²) in [5.74, 6) is 0. The van der Waals surface area contributed by atoms with Crippen LogP contribution in [-0.4, -0.2) is 67.3 Å². The Morgan fingerprint density at radius 1 is 1.42 bits per heavy atom. The van der Waals surface area contributed by atoms with Crippen LogP contribution >= 0.6 is 0 Å². The fourth-order valence-corrected chi connectivity index (χ4v) is 1.53. The highest BCUT2D eigenvalue weighted by molar-refractivity contribution is 4.54. The molecule has 4 nitrogen and oxygen atoms in total. The van der Waals surface area contributed by atoms with Gasteiger partial charge >= 0.3 is 0 Å². The van der Waals surface area contributed by atoms with Crippen LogP contribution in [0.4, 0.5) is 0 Å². The van der Waals surface area contributed by atoms with Crippen molar-refractivity contribution in [2.75, 3.05) is 46.5 Å². The van der Waals surface area contributed by atoms with E-state index in [2.05, 4.69) is 7.05 Å². The molecule has 72 valence electrons. The van der Waals surface area contributed by atoms with E-state index in [1.807, 2.05) is 0 Å². The third kappa shape index (κ3) is 2.71. The van der Waals surface area contributed by atoms with Crippen molar-refractivity contribution in [1.29, 1.82) is 0 Å². The molecule has 0 radical (unpaired) electrons. The summed E-state index contributed by atoms with van der Waals surface area (Å²) in [5, 5.41) is 18.0. The standard InChI is InChI=1S/C8H18NO3/c1-9(6-8(11)7-10)2-4-12-5-3-9/h8,10-11H,2-7H2,1H3/q+1/t8-/m1/s1. The number of hydrogen-bond acceptors (Lipinski definition) is 3. The molecule has 1 fully saturated rings. The van der Waals surface area contributed by atoms with E-state index in [9.17, 15) is 5.11 Å². The zero-order valence-corrected chi connectivity index (χ0v) is 7.57. The highest BCUT2D eigenvalue weighted by Gasteiger charge is 2.27. The molecule has 1 heterocycles. The molecule has 0 aromatic carbocycles. The molecule has 2 N–H and O–H groups in total. The third-order valence-electron chi connectivity index (χ3n) is 2.41. The fraction of sp³-hybridized carbons (Fsp3) is 1.00. The number of rotatable bonds is 3. The lowest BCUT2D eigenvalue weighted by atomic mass is 10.2. The van der Waals surface area contributed by atoms with Gasteiger partial charge in [-0.1, -0.05) is 0 Å². The zero-order valence-electron chi connectivity index (χ0n) is 7.57. The first kappa shape index (κ1) is 9.92. The summed E-state index contributed by atoms with van der Waals surface area (Å²) >= 11 is 0. The second-order valence-electron chi connectivity index (χ2n) is 3.70. The molecule has 0 aliphatic carbocycles. The zero-order chi connectivity index (χ0) is 9.03. The van der Waals surface area contributed by atoms with Gasteiger partial charge in [-0.15, -0.1) is 0 Å². The third-order valence-corrected chi connectivity index (χ3v) is 2.41. The van der Waals surface area contributed by atoms with E-state index in [0.717, 1.165) is 30.8 Å². The molecule has 1 aliphatic heterocycles. The molecular formula is C8H18NO3+. The van der Waals surface area contributed by atoms with Gasteiger partial charge < -0.3 is 19.4 Å². The first-order valence-corrected chi connectivity index (χ1v) is 4.36. The van der Waals surface area contributed by atoms with Crippen LogP contribution in [0, 0.1) is 0 Å². The minimum Gasteiger partial charge on any atom is -0.393 e. The first-order chi connectivity index (χ1) is 5.66. The summed E-state index contributed by atoms with van der Waals surface area (Å²) in [6.45, 7) is 3.85. The van der Waals surface area contributed by atoms with Crippen molar-refractivity contribution in [3.05, 3.63) is 0 Å². The molecule has 12 heavy (non-hydrogen) atoms. The maximum atomic E-state index is 9.27. The molecule has 1 saturated heterocycles. The fourth-order valence-electron chi connectivity index (χ4n) is 1.53. The summed E-state index contributed by atoms with van der Waals surface area (Å²) in [6.07, 6.45) is -0.590. The lowest BCUT2D eigenvalue weighted by Crippen LogP contribution is -2.55. The summed E-state index contributed by atoms with van der Waals surface area (Å²) in [6, 6.07) is 0. The molecule has 0 spiro atoms. The van der Waals surface area contributed by atoms with Crippen molar-refractivity contribution >= 4 is 0 Å². The Balaban J connectivity index is 2.35. The maximum absolute atomic E-state index is 9.27. The Hall–Kier alpha value is -0.160. The number of nitrogens with zero attached hydrogens (tertiary/aromatic N) is 1. The number of aliphatic hydroxyl groups is 2. The van der Waals surface area contributed by atoms with Gasteiger partial charge in [0.05, 0.1) is 26.9 Å². The Labute approximate surface area is 73.0 Å². The summed E-state index contributed by atoms with van der Waals surface area (Å²) in [7, 11) is 2.08. The van der Waals surface area contributed by atoms with E-state index in [-0.39, 0.29) is 6.61 Å². The van der Waals surface area contributed by atoms with E-state index in [0.29, 0.717) is 6.54 Å². The molecular weight excluding hydrogens is 158 g/mol. The van der Waals surface area contributed by atoms with E-state index < -0.39 is 6.10 Å². The monoisotopic (exact) mass is 176 g/mol. The van der Waals surface area contributed by atoms with Crippen molar-refractivity contribution < 1.29 is 19.4 Å². The molecule has 1 atom stereocenters. The predicted octanol–water partition coefficient (Wildman–Crippen LogP) is -1.18. The van der Waals surface area contributed by atoms with Crippen molar-refractivity contribution in [2.24, 2.45) is 0 Å². The van der Waals surface area contributed by atoms with E-state index in [1.165, 1.54) is 0 Å². The molecule has 0 saturated carbocycles. The van der Waals surface area contributed by atoms with Crippen molar-refractivity contribution in [3.63, 3.8) is 0 Å². The van der Waals surface area contributed by atoms with Crippen LogP contribution in [0.25, 0.3) is 0 Å². The molecule has 0 amide bonds. The summed E-state index contributed by atoms with van der Waals surface area (Å²) in [4.78, 5) is 0. The average Bonchev–Trinajstić information content (AvgIpc) is 2.05. The molecule has 1 aliphatic rings. The van der Waals surface area contributed by atoms with Gasteiger partial charge in [0.25, 0.3) is 0 Å². The van der Waals surface area contributed by atoms with Crippen LogP contribution < -0.4 is 0 Å². The number of likely N-dealkylation sites (N-methyl/N-ethyl adjacent to an activating group) is 1. The number of ether oxygens (including phenoxy) is 1. The largest absolute Gasteiger partial charge is 0.393 e. The van der Waals surface area contributed by atoms with Crippen LogP contribution in [-0.2, 0) is 4.74 Å². The molecule has 4 heteroatoms. The second kappa shape index (κ2) is 4.18. The van der Waals surface area contributed by atoms with Gasteiger partial charge in [-0.2, -0.15) is 0 Å². The van der Waals surface area contributed by atoms with Crippen molar-refractivity contribution in [2.45, 2.75) is 6.10 Å². The maximum Gasteiger partial charge on any atom is 0.126 e. The van der Waals surface area contributed by atoms with E-state index >= 15 is 0 Å². The highest BCUT2D eigenvalue weighted by Crippen LogP contribution is 2.08. The lowest BCUT2D eigenvalue weighted by Gasteiger charge is -2.38. The van der Waals surface area contributed by atoms with Crippen LogP contribution in [0.1, 0.15) is 0 Å². The predicted molar refractivity (Wildman–Crippen MR) is 44.7 cm³/mol. The van der Waals surface area contributed by atoms with Crippen LogP contribution in [0.3, 0.4) is 0 Å². The van der Waals surface area contributed by atoms with Gasteiger partial charge in [0.15, 0.2) is 0 Å². The van der Waals surface area contributed by atoms with E-state index in [4.69, 9.17) is 9.84 Å². The lowest BCUT2D eigenvalue weighted by molar-refractivity contribution is -0.919. The van der Waals surface area contributed by atoms with Gasteiger partial charge in [0.1, 0.15) is 25.7 Å². The van der Waals surface area contributed by atoms with Gasteiger partial charge in [-0.05, 0) is 0 Å². The van der Waals surface area contributed by atoms with Gasteiger partial charge in [0.2, 0.25) is 0 Å². The minimum atomic E-state index is -0.590. The van der Waals surface area contributed by atoms with Crippen LogP contribution in [0.15, 0.2) is 0 Å². The van der Waals surface area contributed by atoms with Crippen LogP contribution in [0.5, 0.6) is 0 Å². The molecule has 0 aromatic rings. The Morgan fingerprint density at radius 2 is 2.00 bits per heavy atom. The van der Waals surface area contributed by atoms with E-state index in [1.54, 1.807) is 0 Å². The Morgan fingerprint density at radius 3 is 2.50 bits per heavy atom. The normalized spacial score (nSPS) is 25.2. The van der Waals surface area contributed by atoms with Crippen molar-refractivity contribution in [1.82, 2.24) is 0 Å². The molecule has 0 aromatic heterocycles.